The number of rotatable bonds is 5. The van der Waals surface area contributed by atoms with E-state index in [9.17, 15) is 0 Å². The van der Waals surface area contributed by atoms with Crippen molar-refractivity contribution in [2.45, 2.75) is 19.6 Å². The van der Waals surface area contributed by atoms with Gasteiger partial charge in [0.2, 0.25) is 0 Å². The van der Waals surface area contributed by atoms with Gasteiger partial charge in [0.1, 0.15) is 18.2 Å². The van der Waals surface area contributed by atoms with Crippen molar-refractivity contribution >= 4 is 0 Å². The predicted octanol–water partition coefficient (Wildman–Crippen LogP) is 2.38. The summed E-state index contributed by atoms with van der Waals surface area (Å²) in [5.74, 6) is 1.66. The van der Waals surface area contributed by atoms with Gasteiger partial charge in [-0.1, -0.05) is 18.2 Å². The van der Waals surface area contributed by atoms with Gasteiger partial charge in [-0.2, -0.15) is 5.26 Å². The highest BCUT2D eigenvalue weighted by atomic mass is 16.5. The van der Waals surface area contributed by atoms with Gasteiger partial charge in [0.05, 0.1) is 12.5 Å². The summed E-state index contributed by atoms with van der Waals surface area (Å²) in [6.07, 6.45) is 4.07. The lowest BCUT2D eigenvalue weighted by Gasteiger charge is -2.07. The van der Waals surface area contributed by atoms with Crippen LogP contribution < -0.4 is 4.74 Å². The van der Waals surface area contributed by atoms with Crippen molar-refractivity contribution in [3.05, 3.63) is 48.5 Å². The van der Waals surface area contributed by atoms with Crippen molar-refractivity contribution < 1.29 is 4.74 Å². The lowest BCUT2D eigenvalue weighted by molar-refractivity contribution is 0.289. The molecule has 0 saturated heterocycles. The zero-order valence-electron chi connectivity index (χ0n) is 9.41. The normalized spacial score (nSPS) is 9.82. The molecule has 1 heterocycles. The third-order valence-corrected chi connectivity index (χ3v) is 2.38. The fourth-order valence-corrected chi connectivity index (χ4v) is 1.52. The molecule has 0 radical (unpaired) electrons. The molecule has 0 atom stereocenters. The monoisotopic (exact) mass is 227 g/mol. The molecule has 0 amide bonds. The van der Waals surface area contributed by atoms with Crippen LogP contribution in [0.4, 0.5) is 0 Å². The van der Waals surface area contributed by atoms with Gasteiger partial charge in [0.15, 0.2) is 0 Å². The SMILES string of the molecule is N#CCCn1ccnc1COc1ccccc1. The van der Waals surface area contributed by atoms with Crippen LogP contribution in [0.15, 0.2) is 42.7 Å². The third-order valence-electron chi connectivity index (χ3n) is 2.38. The zero-order chi connectivity index (χ0) is 11.9. The summed E-state index contributed by atoms with van der Waals surface area (Å²) in [4.78, 5) is 4.21. The summed E-state index contributed by atoms with van der Waals surface area (Å²) in [7, 11) is 0. The van der Waals surface area contributed by atoms with Gasteiger partial charge >= 0.3 is 0 Å². The van der Waals surface area contributed by atoms with E-state index in [1.165, 1.54) is 0 Å². The predicted molar refractivity (Wildman–Crippen MR) is 63.2 cm³/mol. The average Bonchev–Trinajstić information content (AvgIpc) is 2.82. The third kappa shape index (κ3) is 3.08. The number of aromatic nitrogens is 2. The minimum Gasteiger partial charge on any atom is -0.486 e. The number of ether oxygens (including phenoxy) is 1. The summed E-state index contributed by atoms with van der Waals surface area (Å²) in [5.41, 5.74) is 0. The van der Waals surface area contributed by atoms with Gasteiger partial charge in [-0.25, -0.2) is 4.98 Å². The van der Waals surface area contributed by atoms with Crippen molar-refractivity contribution in [3.63, 3.8) is 0 Å². The molecule has 0 saturated carbocycles. The number of imidazole rings is 1. The Morgan fingerprint density at radius 3 is 2.88 bits per heavy atom. The minimum atomic E-state index is 0.419. The Balaban J connectivity index is 1.95. The Morgan fingerprint density at radius 2 is 2.12 bits per heavy atom. The topological polar surface area (TPSA) is 50.8 Å². The quantitative estimate of drug-likeness (QED) is 0.788. The number of hydrogen-bond acceptors (Lipinski definition) is 3. The summed E-state index contributed by atoms with van der Waals surface area (Å²) >= 11 is 0. The Morgan fingerprint density at radius 1 is 1.29 bits per heavy atom. The molecule has 0 fully saturated rings. The molecule has 2 rings (SSSR count). The molecule has 86 valence electrons. The number of nitriles is 1. The first-order valence-corrected chi connectivity index (χ1v) is 5.45. The molecule has 4 nitrogen and oxygen atoms in total. The Bertz CT molecular complexity index is 499. The van der Waals surface area contributed by atoms with E-state index in [0.29, 0.717) is 19.6 Å². The second-order valence-corrected chi connectivity index (χ2v) is 3.55. The molecule has 0 aliphatic rings. The van der Waals surface area contributed by atoms with Crippen LogP contribution in [0.3, 0.4) is 0 Å². The first-order chi connectivity index (χ1) is 8.40. The van der Waals surface area contributed by atoms with Crippen LogP contribution in [-0.2, 0) is 13.2 Å². The van der Waals surface area contributed by atoms with Gasteiger partial charge in [0, 0.05) is 18.9 Å². The second kappa shape index (κ2) is 5.71. The van der Waals surface area contributed by atoms with Crippen LogP contribution in [0.5, 0.6) is 5.75 Å². The average molecular weight is 227 g/mol. The first-order valence-electron chi connectivity index (χ1n) is 5.45. The summed E-state index contributed by atoms with van der Waals surface area (Å²) in [6.45, 7) is 1.08. The van der Waals surface area contributed by atoms with Crippen molar-refractivity contribution in [2.24, 2.45) is 0 Å². The van der Waals surface area contributed by atoms with Crippen molar-refractivity contribution in [1.82, 2.24) is 9.55 Å². The van der Waals surface area contributed by atoms with E-state index in [1.807, 2.05) is 41.1 Å². The number of nitrogens with zero attached hydrogens (tertiary/aromatic N) is 3. The fraction of sp³-hybridized carbons (Fsp3) is 0.231. The smallest absolute Gasteiger partial charge is 0.146 e. The van der Waals surface area contributed by atoms with Crippen LogP contribution >= 0.6 is 0 Å². The van der Waals surface area contributed by atoms with Crippen LogP contribution in [0.1, 0.15) is 12.2 Å². The largest absolute Gasteiger partial charge is 0.486 e. The fourth-order valence-electron chi connectivity index (χ4n) is 1.52. The van der Waals surface area contributed by atoms with Crippen LogP contribution in [-0.4, -0.2) is 9.55 Å². The summed E-state index contributed by atoms with van der Waals surface area (Å²) in [5, 5.41) is 8.55. The van der Waals surface area contributed by atoms with Crippen molar-refractivity contribution in [3.8, 4) is 11.8 Å². The van der Waals surface area contributed by atoms with E-state index in [0.717, 1.165) is 11.6 Å². The molecule has 4 heteroatoms. The van der Waals surface area contributed by atoms with Crippen LogP contribution in [0, 0.1) is 11.3 Å². The molecule has 1 aromatic carbocycles. The molecule has 0 aliphatic carbocycles. The maximum absolute atomic E-state index is 8.55. The number of benzene rings is 1. The zero-order valence-corrected chi connectivity index (χ0v) is 9.41. The van der Waals surface area contributed by atoms with E-state index in [2.05, 4.69) is 11.1 Å². The summed E-state index contributed by atoms with van der Waals surface area (Å²) in [6, 6.07) is 11.7. The Hall–Kier alpha value is -2.28. The lowest BCUT2D eigenvalue weighted by atomic mass is 10.3. The highest BCUT2D eigenvalue weighted by Crippen LogP contribution is 2.11. The minimum absolute atomic E-state index is 0.419. The van der Waals surface area contributed by atoms with E-state index >= 15 is 0 Å². The lowest BCUT2D eigenvalue weighted by Crippen LogP contribution is -2.06. The molecule has 0 bridgehead atoms. The molecule has 2 aromatic rings. The highest BCUT2D eigenvalue weighted by Gasteiger charge is 2.03. The highest BCUT2D eigenvalue weighted by molar-refractivity contribution is 5.21. The molecular formula is C13H13N3O. The van der Waals surface area contributed by atoms with Gasteiger partial charge in [-0.05, 0) is 12.1 Å². The van der Waals surface area contributed by atoms with Crippen LogP contribution in [0.25, 0.3) is 0 Å². The van der Waals surface area contributed by atoms with Crippen LogP contribution in [0.2, 0.25) is 0 Å². The Labute approximate surface area is 100 Å². The molecule has 1 aromatic heterocycles. The van der Waals surface area contributed by atoms with Crippen molar-refractivity contribution in [2.75, 3.05) is 0 Å². The van der Waals surface area contributed by atoms with Gasteiger partial charge in [0.25, 0.3) is 0 Å². The second-order valence-electron chi connectivity index (χ2n) is 3.55. The first kappa shape index (κ1) is 11.2. The Kier molecular flexibility index (Phi) is 3.77. The molecule has 0 spiro atoms. The molecule has 0 unspecified atom stereocenters. The number of aryl methyl sites for hydroxylation is 1. The molecular weight excluding hydrogens is 214 g/mol. The van der Waals surface area contributed by atoms with E-state index in [-0.39, 0.29) is 0 Å². The van der Waals surface area contributed by atoms with Gasteiger partial charge in [-0.3, -0.25) is 0 Å². The van der Waals surface area contributed by atoms with E-state index in [1.54, 1.807) is 6.20 Å². The van der Waals surface area contributed by atoms with Gasteiger partial charge in [-0.15, -0.1) is 0 Å². The van der Waals surface area contributed by atoms with E-state index < -0.39 is 0 Å². The maximum atomic E-state index is 8.55. The molecule has 0 aliphatic heterocycles. The summed E-state index contributed by atoms with van der Waals surface area (Å²) < 4.78 is 7.54. The number of hydrogen-bond donors (Lipinski definition) is 0. The molecule has 0 N–H and O–H groups in total. The molecule has 17 heavy (non-hydrogen) atoms. The maximum Gasteiger partial charge on any atom is 0.146 e. The van der Waals surface area contributed by atoms with E-state index in [4.69, 9.17) is 10.00 Å². The van der Waals surface area contributed by atoms with Gasteiger partial charge < -0.3 is 9.30 Å². The standard InChI is InChI=1S/C13H13N3O/c14-7-4-9-16-10-8-15-13(16)11-17-12-5-2-1-3-6-12/h1-3,5-6,8,10H,4,9,11H2. The van der Waals surface area contributed by atoms with Crippen molar-refractivity contribution in [1.29, 1.82) is 5.26 Å². The number of para-hydroxylation sites is 1.